The van der Waals surface area contributed by atoms with Gasteiger partial charge in [0.25, 0.3) is 0 Å². The second-order valence-electron chi connectivity index (χ2n) is 5.08. The molecule has 0 unspecified atom stereocenters. The molecular formula is C15H14ClFN2. The summed E-state index contributed by atoms with van der Waals surface area (Å²) in [6.45, 7) is 3.78. The predicted molar refractivity (Wildman–Crippen MR) is 73.9 cm³/mol. The topological polar surface area (TPSA) is 25.8 Å². The Morgan fingerprint density at radius 1 is 1.21 bits per heavy atom. The highest BCUT2D eigenvalue weighted by molar-refractivity contribution is 6.30. The number of aromatic nitrogens is 2. The molecule has 0 radical (unpaired) electrons. The molecule has 1 heterocycles. The van der Waals surface area contributed by atoms with Crippen LogP contribution in [0.15, 0.2) is 18.2 Å². The van der Waals surface area contributed by atoms with E-state index in [0.717, 1.165) is 41.1 Å². The van der Waals surface area contributed by atoms with E-state index in [2.05, 4.69) is 9.97 Å². The molecule has 1 aromatic heterocycles. The third-order valence-electron chi connectivity index (χ3n) is 3.49. The van der Waals surface area contributed by atoms with Gasteiger partial charge < -0.3 is 0 Å². The zero-order chi connectivity index (χ0) is 13.6. The molecule has 19 heavy (non-hydrogen) atoms. The van der Waals surface area contributed by atoms with Crippen LogP contribution in [0.2, 0.25) is 5.15 Å². The molecule has 1 aromatic carbocycles. The first-order chi connectivity index (χ1) is 9.06. The molecule has 0 aliphatic heterocycles. The SMILES string of the molecule is Cc1cc(F)ccc1-c1nc(C2CC2)nc(Cl)c1C. The van der Waals surface area contributed by atoms with E-state index in [9.17, 15) is 4.39 Å². The fourth-order valence-electron chi connectivity index (χ4n) is 2.18. The third-order valence-corrected chi connectivity index (χ3v) is 3.86. The van der Waals surface area contributed by atoms with E-state index in [1.54, 1.807) is 6.07 Å². The Morgan fingerprint density at radius 2 is 1.95 bits per heavy atom. The van der Waals surface area contributed by atoms with Crippen molar-refractivity contribution in [2.24, 2.45) is 0 Å². The van der Waals surface area contributed by atoms with Crippen molar-refractivity contribution >= 4 is 11.6 Å². The fraction of sp³-hybridized carbons (Fsp3) is 0.333. The van der Waals surface area contributed by atoms with Crippen molar-refractivity contribution in [3.8, 4) is 11.3 Å². The van der Waals surface area contributed by atoms with Crippen molar-refractivity contribution in [1.82, 2.24) is 9.97 Å². The molecule has 1 saturated carbocycles. The minimum atomic E-state index is -0.235. The van der Waals surface area contributed by atoms with E-state index >= 15 is 0 Å². The molecule has 1 fully saturated rings. The molecule has 0 amide bonds. The second-order valence-corrected chi connectivity index (χ2v) is 5.44. The summed E-state index contributed by atoms with van der Waals surface area (Å²) in [6, 6.07) is 4.73. The lowest BCUT2D eigenvalue weighted by Gasteiger charge is -2.11. The summed E-state index contributed by atoms with van der Waals surface area (Å²) in [5, 5.41) is 0.496. The van der Waals surface area contributed by atoms with E-state index in [0.29, 0.717) is 11.1 Å². The predicted octanol–water partition coefficient (Wildman–Crippen LogP) is 4.43. The lowest BCUT2D eigenvalue weighted by atomic mass is 10.0. The van der Waals surface area contributed by atoms with Crippen molar-refractivity contribution < 1.29 is 4.39 Å². The van der Waals surface area contributed by atoms with Gasteiger partial charge in [-0.2, -0.15) is 0 Å². The van der Waals surface area contributed by atoms with Gasteiger partial charge in [0.1, 0.15) is 16.8 Å². The number of rotatable bonds is 2. The second kappa shape index (κ2) is 4.57. The maximum absolute atomic E-state index is 13.2. The van der Waals surface area contributed by atoms with Crippen molar-refractivity contribution in [2.75, 3.05) is 0 Å². The fourth-order valence-corrected chi connectivity index (χ4v) is 2.36. The summed E-state index contributed by atoms with van der Waals surface area (Å²) in [5.74, 6) is 1.02. The molecular weight excluding hydrogens is 263 g/mol. The van der Waals surface area contributed by atoms with Crippen molar-refractivity contribution in [3.63, 3.8) is 0 Å². The Hall–Kier alpha value is -1.48. The number of nitrogens with zero attached hydrogens (tertiary/aromatic N) is 2. The van der Waals surface area contributed by atoms with Gasteiger partial charge in [-0.25, -0.2) is 14.4 Å². The molecule has 98 valence electrons. The van der Waals surface area contributed by atoms with Crippen molar-refractivity contribution in [2.45, 2.75) is 32.6 Å². The summed E-state index contributed by atoms with van der Waals surface area (Å²) in [7, 11) is 0. The Labute approximate surface area is 116 Å². The van der Waals surface area contributed by atoms with E-state index in [1.807, 2.05) is 13.8 Å². The van der Waals surface area contributed by atoms with E-state index in [1.165, 1.54) is 12.1 Å². The highest BCUT2D eigenvalue weighted by Crippen LogP contribution is 2.40. The first-order valence-electron chi connectivity index (χ1n) is 6.37. The van der Waals surface area contributed by atoms with Crippen LogP contribution in [-0.4, -0.2) is 9.97 Å². The molecule has 4 heteroatoms. The van der Waals surface area contributed by atoms with E-state index in [-0.39, 0.29) is 5.82 Å². The zero-order valence-corrected chi connectivity index (χ0v) is 11.6. The standard InChI is InChI=1S/C15H14ClFN2/c1-8-7-11(17)5-6-12(8)13-9(2)14(16)19-15(18-13)10-3-4-10/h5-7,10H,3-4H2,1-2H3. The van der Waals surface area contributed by atoms with Gasteiger partial charge in [0.2, 0.25) is 0 Å². The first kappa shape index (κ1) is 12.5. The molecule has 1 aliphatic carbocycles. The minimum absolute atomic E-state index is 0.235. The maximum atomic E-state index is 13.2. The quantitative estimate of drug-likeness (QED) is 0.758. The molecule has 3 rings (SSSR count). The Morgan fingerprint density at radius 3 is 2.58 bits per heavy atom. The normalized spacial score (nSPS) is 14.7. The summed E-state index contributed by atoms with van der Waals surface area (Å²) >= 11 is 6.20. The van der Waals surface area contributed by atoms with Crippen LogP contribution in [0.3, 0.4) is 0 Å². The Balaban J connectivity index is 2.17. The number of benzene rings is 1. The van der Waals surface area contributed by atoms with Crippen LogP contribution in [0, 0.1) is 19.7 Å². The van der Waals surface area contributed by atoms with Crippen LogP contribution in [0.1, 0.15) is 35.7 Å². The van der Waals surface area contributed by atoms with E-state index < -0.39 is 0 Å². The van der Waals surface area contributed by atoms with Crippen molar-refractivity contribution in [3.05, 3.63) is 46.1 Å². The molecule has 0 saturated heterocycles. The monoisotopic (exact) mass is 276 g/mol. The van der Waals surface area contributed by atoms with Crippen LogP contribution in [0.5, 0.6) is 0 Å². The number of hydrogen-bond donors (Lipinski definition) is 0. The summed E-state index contributed by atoms with van der Waals surface area (Å²) in [6.07, 6.45) is 2.25. The van der Waals surface area contributed by atoms with Gasteiger partial charge >= 0.3 is 0 Å². The maximum Gasteiger partial charge on any atom is 0.136 e. The Bertz CT molecular complexity index is 651. The van der Waals surface area contributed by atoms with Crippen LogP contribution in [0.25, 0.3) is 11.3 Å². The van der Waals surface area contributed by atoms with Gasteiger partial charge in [-0.3, -0.25) is 0 Å². The number of aryl methyl sites for hydroxylation is 1. The number of halogens is 2. The minimum Gasteiger partial charge on any atom is -0.232 e. The average Bonchev–Trinajstić information content (AvgIpc) is 3.17. The molecule has 1 aliphatic rings. The molecule has 0 bridgehead atoms. The van der Waals surface area contributed by atoms with Crippen LogP contribution >= 0.6 is 11.6 Å². The first-order valence-corrected chi connectivity index (χ1v) is 6.74. The zero-order valence-electron chi connectivity index (χ0n) is 10.9. The van der Waals surface area contributed by atoms with Gasteiger partial charge in [0.05, 0.1) is 5.69 Å². The highest BCUT2D eigenvalue weighted by atomic mass is 35.5. The van der Waals surface area contributed by atoms with E-state index in [4.69, 9.17) is 11.6 Å². The van der Waals surface area contributed by atoms with Crippen LogP contribution < -0.4 is 0 Å². The van der Waals surface area contributed by atoms with Gasteiger partial charge in [-0.15, -0.1) is 0 Å². The molecule has 2 nitrogen and oxygen atoms in total. The van der Waals surface area contributed by atoms with Gasteiger partial charge in [-0.1, -0.05) is 11.6 Å². The summed E-state index contributed by atoms with van der Waals surface area (Å²) in [5.41, 5.74) is 3.45. The van der Waals surface area contributed by atoms with Crippen LogP contribution in [-0.2, 0) is 0 Å². The van der Waals surface area contributed by atoms with Gasteiger partial charge in [-0.05, 0) is 50.5 Å². The molecule has 0 spiro atoms. The van der Waals surface area contributed by atoms with Gasteiger partial charge in [0, 0.05) is 17.0 Å². The third kappa shape index (κ3) is 2.35. The van der Waals surface area contributed by atoms with Crippen LogP contribution in [0.4, 0.5) is 4.39 Å². The average molecular weight is 277 g/mol. The Kier molecular flexibility index (Phi) is 3.02. The molecule has 0 atom stereocenters. The molecule has 0 N–H and O–H groups in total. The lowest BCUT2D eigenvalue weighted by Crippen LogP contribution is -2.00. The van der Waals surface area contributed by atoms with Gasteiger partial charge in [0.15, 0.2) is 0 Å². The summed E-state index contributed by atoms with van der Waals surface area (Å²) < 4.78 is 13.2. The summed E-state index contributed by atoms with van der Waals surface area (Å²) in [4.78, 5) is 8.99. The number of hydrogen-bond acceptors (Lipinski definition) is 2. The highest BCUT2D eigenvalue weighted by Gasteiger charge is 2.28. The molecule has 2 aromatic rings. The largest absolute Gasteiger partial charge is 0.232 e. The lowest BCUT2D eigenvalue weighted by molar-refractivity contribution is 0.627. The smallest absolute Gasteiger partial charge is 0.136 e. The van der Waals surface area contributed by atoms with Crippen molar-refractivity contribution in [1.29, 1.82) is 0 Å².